The molecule has 0 aliphatic heterocycles. The van der Waals surface area contributed by atoms with Gasteiger partial charge in [0.1, 0.15) is 19.3 Å². The summed E-state index contributed by atoms with van der Waals surface area (Å²) in [4.78, 5) is 73.0. The van der Waals surface area contributed by atoms with Gasteiger partial charge in [0.05, 0.1) is 26.4 Å². The van der Waals surface area contributed by atoms with Crippen molar-refractivity contribution in [2.45, 2.75) is 329 Å². The van der Waals surface area contributed by atoms with Gasteiger partial charge in [-0.3, -0.25) is 37.3 Å². The summed E-state index contributed by atoms with van der Waals surface area (Å²) in [7, 11) is -9.99. The highest BCUT2D eigenvalue weighted by atomic mass is 31.2. The van der Waals surface area contributed by atoms with Crippen molar-refractivity contribution in [1.29, 1.82) is 0 Å². The van der Waals surface area contributed by atoms with Crippen molar-refractivity contribution in [3.63, 3.8) is 0 Å². The summed E-state index contributed by atoms with van der Waals surface area (Å²) in [6.45, 7) is 4.50. The molecule has 594 valence electrons. The predicted octanol–water partition coefficient (Wildman–Crippen LogP) is 23.4. The van der Waals surface area contributed by atoms with Gasteiger partial charge in [-0.05, 0) is 141 Å². The molecule has 5 atom stereocenters. The van der Waals surface area contributed by atoms with Crippen LogP contribution in [-0.4, -0.2) is 96.7 Å². The van der Waals surface area contributed by atoms with Gasteiger partial charge in [-0.1, -0.05) is 289 Å². The van der Waals surface area contributed by atoms with Crippen LogP contribution in [0.4, 0.5) is 0 Å². The van der Waals surface area contributed by atoms with E-state index in [-0.39, 0.29) is 25.7 Å². The van der Waals surface area contributed by atoms with E-state index in [9.17, 15) is 43.2 Å². The predicted molar refractivity (Wildman–Crippen MR) is 427 cm³/mol. The maximum Gasteiger partial charge on any atom is 0.472 e. The van der Waals surface area contributed by atoms with Gasteiger partial charge in [-0.15, -0.1) is 0 Å². The molecule has 0 saturated carbocycles. The molecule has 0 amide bonds. The molecule has 0 fully saturated rings. The van der Waals surface area contributed by atoms with Gasteiger partial charge in [0.2, 0.25) is 0 Å². The van der Waals surface area contributed by atoms with E-state index in [1.807, 2.05) is 12.2 Å². The Bertz CT molecular complexity index is 2540. The largest absolute Gasteiger partial charge is 0.472 e. The molecule has 3 N–H and O–H groups in total. The first-order chi connectivity index (χ1) is 50.7. The van der Waals surface area contributed by atoms with Crippen molar-refractivity contribution in [1.82, 2.24) is 0 Å². The minimum absolute atomic E-state index is 0.0263. The first kappa shape index (κ1) is 98.9. The number of carbonyl (C=O) groups excluding carboxylic acids is 4. The second-order valence-electron chi connectivity index (χ2n) is 26.2. The van der Waals surface area contributed by atoms with Gasteiger partial charge < -0.3 is 33.8 Å². The number of phosphoric acid groups is 2. The average molecular weight is 1500 g/mol. The minimum Gasteiger partial charge on any atom is -0.462 e. The van der Waals surface area contributed by atoms with Crippen LogP contribution in [0, 0.1) is 0 Å². The lowest BCUT2D eigenvalue weighted by molar-refractivity contribution is -0.161. The lowest BCUT2D eigenvalue weighted by atomic mass is 10.0. The van der Waals surface area contributed by atoms with E-state index < -0.39 is 97.5 Å². The molecular formula is C85H142O17P2. The van der Waals surface area contributed by atoms with Crippen LogP contribution < -0.4 is 0 Å². The fourth-order valence-corrected chi connectivity index (χ4v) is 11.8. The number of phosphoric ester groups is 2. The number of rotatable bonds is 74. The first-order valence-electron chi connectivity index (χ1n) is 40.1. The molecule has 104 heavy (non-hydrogen) atoms. The second kappa shape index (κ2) is 76.1. The van der Waals surface area contributed by atoms with Crippen LogP contribution in [-0.2, 0) is 65.4 Å². The molecule has 0 aromatic carbocycles. The molecule has 0 aromatic heterocycles. The molecule has 19 heteroatoms. The van der Waals surface area contributed by atoms with Crippen molar-refractivity contribution in [3.05, 3.63) is 146 Å². The van der Waals surface area contributed by atoms with Crippen LogP contribution in [0.5, 0.6) is 0 Å². The third-order valence-electron chi connectivity index (χ3n) is 16.3. The molecule has 0 aliphatic rings. The summed E-state index contributed by atoms with van der Waals surface area (Å²) in [5.74, 6) is -2.30. The second-order valence-corrected chi connectivity index (χ2v) is 29.2. The quantitative estimate of drug-likeness (QED) is 0.0169. The molecule has 0 radical (unpaired) electrons. The number of hydrogen-bond acceptors (Lipinski definition) is 15. The van der Waals surface area contributed by atoms with E-state index in [0.717, 1.165) is 148 Å². The third-order valence-corrected chi connectivity index (χ3v) is 18.2. The smallest absolute Gasteiger partial charge is 0.462 e. The first-order valence-corrected chi connectivity index (χ1v) is 43.1. The standard InChI is InChI=1S/C85H142O17P2/c1-5-9-13-17-21-25-29-33-36-38-39-41-44-47-50-54-58-62-66-70-83(88)95-75-80(101-84(89)71-67-63-59-55-51-45-32-28-24-20-16-12-8-4)77-99-103(91,92)97-73-79(86)74-98-104(93,94)100-78-81(102-85(90)72-68-64-60-56-52-48-42-35-31-27-23-19-15-11-7-3)76-96-82(87)69-65-61-57-53-49-46-43-40-37-34-30-26-22-18-14-10-6-2/h10-11,14-15,21-23,25-27,33-37,39,41-43,46,52-53,56-57,79-81,86H,5-9,12-13,16-20,24,28-32,38,40,44-45,47-51,54-55,58-78H2,1-4H3,(H,91,92)(H,93,94)/b14-10-,15-11-,25-21-,26-22-,27-23-,36-33-,37-34-,41-39-,42-35-,46-43-,56-52-,57-53-. The van der Waals surface area contributed by atoms with Crippen LogP contribution in [0.15, 0.2) is 146 Å². The maximum atomic E-state index is 13.1. The zero-order chi connectivity index (χ0) is 76.0. The van der Waals surface area contributed by atoms with E-state index in [4.69, 9.17) is 37.0 Å². The molecule has 0 aliphatic carbocycles. The molecule has 0 spiro atoms. The van der Waals surface area contributed by atoms with Crippen molar-refractivity contribution in [2.24, 2.45) is 0 Å². The van der Waals surface area contributed by atoms with E-state index in [1.54, 1.807) is 0 Å². The molecular weight excluding hydrogens is 1350 g/mol. The molecule has 0 aromatic rings. The fourth-order valence-electron chi connectivity index (χ4n) is 10.3. The summed E-state index contributed by atoms with van der Waals surface area (Å²) in [6.07, 6.45) is 86.9. The van der Waals surface area contributed by atoms with Gasteiger partial charge in [0.15, 0.2) is 12.2 Å². The third kappa shape index (κ3) is 75.2. The SMILES string of the molecule is CC/C=C\C/C=C\C/C=C\C/C=C\C/C=C\CCCC(=O)OCC(COP(=O)(O)OCC(O)COP(=O)(O)OCC(COC(=O)CCCCCCCC/C=C\C/C=C\C/C=C\CCCCC)OC(=O)CCCCCCCCCCCCCCC)OC(=O)CCCC/C=C\C/C=C\C/C=C\C/C=C\CC. The van der Waals surface area contributed by atoms with E-state index in [0.29, 0.717) is 38.5 Å². The van der Waals surface area contributed by atoms with Gasteiger partial charge in [-0.2, -0.15) is 0 Å². The Kier molecular flexibility index (Phi) is 72.4. The van der Waals surface area contributed by atoms with Crippen molar-refractivity contribution < 1.29 is 80.2 Å². The van der Waals surface area contributed by atoms with Gasteiger partial charge in [0, 0.05) is 25.7 Å². The monoisotopic (exact) mass is 1500 g/mol. The molecule has 0 bridgehead atoms. The summed E-state index contributed by atoms with van der Waals surface area (Å²) >= 11 is 0. The van der Waals surface area contributed by atoms with Crippen LogP contribution in [0.3, 0.4) is 0 Å². The van der Waals surface area contributed by atoms with Gasteiger partial charge >= 0.3 is 39.5 Å². The Morgan fingerprint density at radius 1 is 0.279 bits per heavy atom. The Morgan fingerprint density at radius 2 is 0.510 bits per heavy atom. The van der Waals surface area contributed by atoms with Crippen molar-refractivity contribution in [3.8, 4) is 0 Å². The number of aliphatic hydroxyl groups is 1. The number of hydrogen-bond donors (Lipinski definition) is 3. The normalized spacial score (nSPS) is 14.6. The zero-order valence-corrected chi connectivity index (χ0v) is 66.7. The minimum atomic E-state index is -5.00. The lowest BCUT2D eigenvalue weighted by Gasteiger charge is -2.21. The lowest BCUT2D eigenvalue weighted by Crippen LogP contribution is -2.30. The van der Waals surface area contributed by atoms with E-state index >= 15 is 0 Å². The number of carbonyl (C=O) groups is 4. The topological polar surface area (TPSA) is 237 Å². The number of allylic oxidation sites excluding steroid dienone is 24. The van der Waals surface area contributed by atoms with Crippen molar-refractivity contribution in [2.75, 3.05) is 39.6 Å². The molecule has 0 rings (SSSR count). The highest BCUT2D eigenvalue weighted by Crippen LogP contribution is 2.45. The molecule has 17 nitrogen and oxygen atoms in total. The fraction of sp³-hybridized carbons (Fsp3) is 0.671. The highest BCUT2D eigenvalue weighted by molar-refractivity contribution is 7.47. The summed E-state index contributed by atoms with van der Waals surface area (Å²) in [5, 5.41) is 10.6. The number of esters is 4. The Morgan fingerprint density at radius 3 is 0.846 bits per heavy atom. The Balaban J connectivity index is 5.43. The Hall–Kier alpha value is -5.06. The van der Waals surface area contributed by atoms with E-state index in [1.165, 1.54) is 70.6 Å². The van der Waals surface area contributed by atoms with Gasteiger partial charge in [0.25, 0.3) is 0 Å². The summed E-state index contributed by atoms with van der Waals surface area (Å²) in [5.41, 5.74) is 0. The molecule has 0 heterocycles. The van der Waals surface area contributed by atoms with Crippen LogP contribution in [0.25, 0.3) is 0 Å². The number of aliphatic hydroxyl groups excluding tert-OH is 1. The van der Waals surface area contributed by atoms with Crippen LogP contribution in [0.2, 0.25) is 0 Å². The highest BCUT2D eigenvalue weighted by Gasteiger charge is 2.30. The number of ether oxygens (including phenoxy) is 4. The van der Waals surface area contributed by atoms with Gasteiger partial charge in [-0.25, -0.2) is 9.13 Å². The number of unbranched alkanes of at least 4 members (excludes halogenated alkanes) is 24. The average Bonchev–Trinajstić information content (AvgIpc) is 0.939. The summed E-state index contributed by atoms with van der Waals surface area (Å²) < 4.78 is 68.5. The molecule has 0 saturated heterocycles. The zero-order valence-electron chi connectivity index (χ0n) is 64.9. The Labute approximate surface area is 630 Å². The van der Waals surface area contributed by atoms with Crippen LogP contribution >= 0.6 is 15.6 Å². The summed E-state index contributed by atoms with van der Waals surface area (Å²) in [6, 6.07) is 0. The van der Waals surface area contributed by atoms with Crippen LogP contribution in [0.1, 0.15) is 310 Å². The van der Waals surface area contributed by atoms with Crippen molar-refractivity contribution >= 4 is 39.5 Å². The molecule has 5 unspecified atom stereocenters. The van der Waals surface area contributed by atoms with E-state index in [2.05, 4.69) is 161 Å². The maximum absolute atomic E-state index is 13.1.